The maximum absolute atomic E-state index is 14.9. The van der Waals surface area contributed by atoms with Gasteiger partial charge in [0.05, 0.1) is 29.1 Å². The third-order valence-electron chi connectivity index (χ3n) is 5.83. The zero-order valence-corrected chi connectivity index (χ0v) is 20.9. The quantitative estimate of drug-likeness (QED) is 0.211. The van der Waals surface area contributed by atoms with E-state index in [-0.39, 0.29) is 23.7 Å². The highest BCUT2D eigenvalue weighted by atomic mass is 32.1. The van der Waals surface area contributed by atoms with Gasteiger partial charge in [0.15, 0.2) is 0 Å². The fourth-order valence-electron chi connectivity index (χ4n) is 4.16. The van der Waals surface area contributed by atoms with Crippen LogP contribution in [0.1, 0.15) is 41.6 Å². The highest BCUT2D eigenvalue weighted by molar-refractivity contribution is 7.12. The van der Waals surface area contributed by atoms with Crippen molar-refractivity contribution in [3.63, 3.8) is 0 Å². The number of carboxylic acids is 1. The number of furan rings is 1. The fourth-order valence-corrected chi connectivity index (χ4v) is 5.14. The Kier molecular flexibility index (Phi) is 8.15. The van der Waals surface area contributed by atoms with E-state index in [2.05, 4.69) is 4.98 Å². The lowest BCUT2D eigenvalue weighted by Crippen LogP contribution is -2.07. The molecule has 2 aromatic carbocycles. The topological polar surface area (TPSA) is 72.6 Å². The first-order valence-electron chi connectivity index (χ1n) is 11.7. The lowest BCUT2D eigenvalue weighted by Gasteiger charge is -2.13. The molecule has 0 saturated carbocycles. The van der Waals surface area contributed by atoms with Gasteiger partial charge in [-0.3, -0.25) is 4.79 Å². The molecule has 2 heterocycles. The standard InChI is InChI=1S/C28H27F2NO4S/c1-17(13-26(32)33)7-5-11-34-23-9-4-3-8-19(23)16-25-28(31-18(2)36-25)20-14-21(29)27(22(30)15-20)24-10-6-12-35-24/h3-4,6,8-10,12,14-15,17H,5,7,11,13,16H2,1-2H3,(H,32,33)/t17-/m1/s1. The number of carboxylic acid groups (broad SMARTS) is 1. The van der Waals surface area contributed by atoms with Crippen LogP contribution in [-0.2, 0) is 11.2 Å². The summed E-state index contributed by atoms with van der Waals surface area (Å²) in [7, 11) is 0. The van der Waals surface area contributed by atoms with Gasteiger partial charge in [-0.1, -0.05) is 25.1 Å². The molecule has 188 valence electrons. The average molecular weight is 512 g/mol. The predicted molar refractivity (Wildman–Crippen MR) is 135 cm³/mol. The monoisotopic (exact) mass is 511 g/mol. The number of rotatable bonds is 11. The molecule has 1 atom stereocenters. The molecule has 0 spiro atoms. The summed E-state index contributed by atoms with van der Waals surface area (Å²) in [5.74, 6) is -1.26. The predicted octanol–water partition coefficient (Wildman–Crippen LogP) is 7.52. The Balaban J connectivity index is 1.52. The first-order chi connectivity index (χ1) is 17.3. The van der Waals surface area contributed by atoms with Crippen LogP contribution >= 0.6 is 11.3 Å². The molecule has 1 N–H and O–H groups in total. The number of aromatic nitrogens is 1. The molecule has 0 fully saturated rings. The number of carbonyl (C=O) groups is 1. The summed E-state index contributed by atoms with van der Waals surface area (Å²) in [5, 5.41) is 9.70. The number of aryl methyl sites for hydroxylation is 1. The van der Waals surface area contributed by atoms with Crippen molar-refractivity contribution in [2.45, 2.75) is 39.5 Å². The molecule has 0 aliphatic carbocycles. The summed E-state index contributed by atoms with van der Waals surface area (Å²) in [4.78, 5) is 16.3. The van der Waals surface area contributed by atoms with Crippen molar-refractivity contribution in [1.29, 1.82) is 0 Å². The van der Waals surface area contributed by atoms with Gasteiger partial charge in [0.25, 0.3) is 0 Å². The summed E-state index contributed by atoms with van der Waals surface area (Å²) in [6.07, 6.45) is 3.52. The Labute approximate surface area is 212 Å². The van der Waals surface area contributed by atoms with E-state index in [0.29, 0.717) is 24.3 Å². The summed E-state index contributed by atoms with van der Waals surface area (Å²) >= 11 is 1.48. The lowest BCUT2D eigenvalue weighted by molar-refractivity contribution is -0.138. The molecule has 0 aliphatic heterocycles. The van der Waals surface area contributed by atoms with E-state index in [4.69, 9.17) is 14.3 Å². The summed E-state index contributed by atoms with van der Waals surface area (Å²) in [6, 6.07) is 13.3. The van der Waals surface area contributed by atoms with Crippen molar-refractivity contribution in [1.82, 2.24) is 4.98 Å². The SMILES string of the molecule is Cc1nc(-c2cc(F)c(-c3ccco3)c(F)c2)c(Cc2ccccc2OCCC[C@@H](C)CC(=O)O)s1. The number of halogens is 2. The van der Waals surface area contributed by atoms with Crippen molar-refractivity contribution >= 4 is 17.3 Å². The Morgan fingerprint density at radius 3 is 2.61 bits per heavy atom. The zero-order chi connectivity index (χ0) is 25.7. The normalized spacial score (nSPS) is 12.0. The van der Waals surface area contributed by atoms with Crippen LogP contribution in [0, 0.1) is 24.5 Å². The third kappa shape index (κ3) is 6.18. The molecule has 0 radical (unpaired) electrons. The summed E-state index contributed by atoms with van der Waals surface area (Å²) < 4.78 is 41.0. The number of hydrogen-bond acceptors (Lipinski definition) is 5. The van der Waals surface area contributed by atoms with Crippen molar-refractivity contribution < 1.29 is 27.8 Å². The second-order valence-corrected chi connectivity index (χ2v) is 10.1. The highest BCUT2D eigenvalue weighted by Gasteiger charge is 2.20. The Bertz CT molecular complexity index is 1310. The number of aliphatic carboxylic acids is 1. The Morgan fingerprint density at radius 1 is 1.17 bits per heavy atom. The van der Waals surface area contributed by atoms with E-state index < -0.39 is 17.6 Å². The largest absolute Gasteiger partial charge is 0.493 e. The average Bonchev–Trinajstić information content (AvgIpc) is 3.46. The van der Waals surface area contributed by atoms with Crippen molar-refractivity contribution in [3.05, 3.63) is 81.9 Å². The molecule has 2 aromatic heterocycles. The molecule has 5 nitrogen and oxygen atoms in total. The van der Waals surface area contributed by atoms with Gasteiger partial charge < -0.3 is 14.3 Å². The summed E-state index contributed by atoms with van der Waals surface area (Å²) in [6.45, 7) is 4.26. The van der Waals surface area contributed by atoms with Gasteiger partial charge in [-0.05, 0) is 61.6 Å². The number of ether oxygens (including phenoxy) is 1. The van der Waals surface area contributed by atoms with Gasteiger partial charge in [0.2, 0.25) is 0 Å². The maximum atomic E-state index is 14.9. The van der Waals surface area contributed by atoms with Crippen LogP contribution < -0.4 is 4.74 Å². The first-order valence-corrected chi connectivity index (χ1v) is 12.6. The number of nitrogens with zero attached hydrogens (tertiary/aromatic N) is 1. The minimum Gasteiger partial charge on any atom is -0.493 e. The van der Waals surface area contributed by atoms with Gasteiger partial charge >= 0.3 is 5.97 Å². The first kappa shape index (κ1) is 25.6. The van der Waals surface area contributed by atoms with E-state index in [1.807, 2.05) is 38.1 Å². The van der Waals surface area contributed by atoms with Gasteiger partial charge in [0, 0.05) is 23.3 Å². The van der Waals surface area contributed by atoms with Gasteiger partial charge in [-0.25, -0.2) is 13.8 Å². The van der Waals surface area contributed by atoms with E-state index in [1.54, 1.807) is 6.07 Å². The summed E-state index contributed by atoms with van der Waals surface area (Å²) in [5.41, 5.74) is 1.65. The van der Waals surface area contributed by atoms with Crippen LogP contribution in [0.4, 0.5) is 8.78 Å². The second kappa shape index (κ2) is 11.5. The Hall–Kier alpha value is -3.52. The molecule has 0 amide bonds. The number of thiazole rings is 1. The molecule has 0 unspecified atom stereocenters. The van der Waals surface area contributed by atoms with Gasteiger partial charge in [0.1, 0.15) is 23.1 Å². The third-order valence-corrected chi connectivity index (χ3v) is 6.80. The van der Waals surface area contributed by atoms with E-state index in [0.717, 1.165) is 34.0 Å². The maximum Gasteiger partial charge on any atom is 0.303 e. The molecule has 8 heteroatoms. The van der Waals surface area contributed by atoms with Crippen molar-refractivity contribution in [2.75, 3.05) is 6.61 Å². The molecule has 4 rings (SSSR count). The van der Waals surface area contributed by atoms with Crippen LogP contribution in [-0.4, -0.2) is 22.7 Å². The molecule has 0 bridgehead atoms. The van der Waals surface area contributed by atoms with Gasteiger partial charge in [-0.2, -0.15) is 0 Å². The van der Waals surface area contributed by atoms with E-state index >= 15 is 0 Å². The fraction of sp³-hybridized carbons (Fsp3) is 0.286. The highest BCUT2D eigenvalue weighted by Crippen LogP contribution is 2.36. The van der Waals surface area contributed by atoms with E-state index in [9.17, 15) is 13.6 Å². The van der Waals surface area contributed by atoms with Crippen LogP contribution in [0.3, 0.4) is 0 Å². The molecule has 0 saturated heterocycles. The molecule has 36 heavy (non-hydrogen) atoms. The Morgan fingerprint density at radius 2 is 1.92 bits per heavy atom. The van der Waals surface area contributed by atoms with Crippen molar-refractivity contribution in [3.8, 4) is 28.3 Å². The van der Waals surface area contributed by atoms with Gasteiger partial charge in [-0.15, -0.1) is 11.3 Å². The second-order valence-electron chi connectivity index (χ2n) is 8.78. The molecular weight excluding hydrogens is 484 g/mol. The molecular formula is C28H27F2NO4S. The minimum absolute atomic E-state index is 0.0871. The minimum atomic E-state index is -0.792. The molecule has 4 aromatic rings. The van der Waals surface area contributed by atoms with Crippen LogP contribution in [0.2, 0.25) is 0 Å². The number of hydrogen-bond donors (Lipinski definition) is 1. The van der Waals surface area contributed by atoms with Crippen molar-refractivity contribution in [2.24, 2.45) is 5.92 Å². The zero-order valence-electron chi connectivity index (χ0n) is 20.1. The smallest absolute Gasteiger partial charge is 0.303 e. The molecule has 0 aliphatic rings. The van der Waals surface area contributed by atoms with Crippen LogP contribution in [0.5, 0.6) is 5.75 Å². The van der Waals surface area contributed by atoms with E-state index in [1.165, 1.54) is 35.8 Å². The number of para-hydroxylation sites is 1. The number of benzene rings is 2. The lowest BCUT2D eigenvalue weighted by atomic mass is 10.0. The van der Waals surface area contributed by atoms with Crippen LogP contribution in [0.25, 0.3) is 22.6 Å². The van der Waals surface area contributed by atoms with Crippen LogP contribution in [0.15, 0.2) is 59.2 Å².